The molecule has 0 spiro atoms. The number of aryl methyl sites for hydroxylation is 2. The molecule has 0 fully saturated rings. The molecule has 0 amide bonds. The summed E-state index contributed by atoms with van der Waals surface area (Å²) in [6, 6.07) is 12.4. The Labute approximate surface area is 132 Å². The standard InChI is InChI=1S/C19H25NS/c1-3-6-18(19-9-5-12-21-19)20-14(2)16-11-10-15-7-4-8-17(15)13-16/h5,9-14,18,20H,3-4,6-8H2,1-2H3. The fourth-order valence-electron chi connectivity index (χ4n) is 3.35. The van der Waals surface area contributed by atoms with Crippen LogP contribution >= 0.6 is 11.3 Å². The fourth-order valence-corrected chi connectivity index (χ4v) is 4.17. The maximum absolute atomic E-state index is 3.84. The van der Waals surface area contributed by atoms with E-state index in [0.717, 1.165) is 0 Å². The van der Waals surface area contributed by atoms with Crippen molar-refractivity contribution in [3.05, 3.63) is 57.3 Å². The van der Waals surface area contributed by atoms with Crippen LogP contribution in [0.25, 0.3) is 0 Å². The maximum Gasteiger partial charge on any atom is 0.0419 e. The highest BCUT2D eigenvalue weighted by Gasteiger charge is 2.17. The van der Waals surface area contributed by atoms with Gasteiger partial charge in [-0.3, -0.25) is 0 Å². The number of thiophene rings is 1. The van der Waals surface area contributed by atoms with Crippen LogP contribution in [-0.4, -0.2) is 0 Å². The summed E-state index contributed by atoms with van der Waals surface area (Å²) in [6.07, 6.45) is 6.28. The molecule has 21 heavy (non-hydrogen) atoms. The number of hydrogen-bond donors (Lipinski definition) is 1. The van der Waals surface area contributed by atoms with Gasteiger partial charge in [-0.25, -0.2) is 0 Å². The van der Waals surface area contributed by atoms with Crippen molar-refractivity contribution in [2.45, 2.75) is 58.0 Å². The number of rotatable bonds is 6. The number of benzene rings is 1. The van der Waals surface area contributed by atoms with E-state index >= 15 is 0 Å². The second-order valence-corrected chi connectivity index (χ2v) is 7.11. The van der Waals surface area contributed by atoms with E-state index in [1.807, 2.05) is 11.3 Å². The largest absolute Gasteiger partial charge is 0.303 e. The Kier molecular flexibility index (Phi) is 4.77. The molecule has 0 bridgehead atoms. The lowest BCUT2D eigenvalue weighted by molar-refractivity contribution is 0.445. The maximum atomic E-state index is 3.84. The third-order valence-corrected chi connectivity index (χ3v) is 5.52. The molecule has 2 heteroatoms. The van der Waals surface area contributed by atoms with Crippen LogP contribution in [0, 0.1) is 0 Å². The van der Waals surface area contributed by atoms with E-state index in [1.165, 1.54) is 42.5 Å². The Morgan fingerprint density at radius 1 is 1.19 bits per heavy atom. The Bertz CT molecular complexity index is 573. The molecule has 2 aromatic rings. The Balaban J connectivity index is 1.73. The molecule has 0 saturated carbocycles. The predicted octanol–water partition coefficient (Wildman–Crippen LogP) is 5.43. The lowest BCUT2D eigenvalue weighted by Gasteiger charge is -2.23. The molecule has 1 aromatic heterocycles. The normalized spacial score (nSPS) is 16.7. The van der Waals surface area contributed by atoms with E-state index in [9.17, 15) is 0 Å². The molecular formula is C19H25NS. The summed E-state index contributed by atoms with van der Waals surface area (Å²) < 4.78 is 0. The van der Waals surface area contributed by atoms with Crippen LogP contribution in [0.1, 0.15) is 66.8 Å². The van der Waals surface area contributed by atoms with Gasteiger partial charge in [-0.1, -0.05) is 37.6 Å². The smallest absolute Gasteiger partial charge is 0.0419 e. The minimum atomic E-state index is 0.412. The van der Waals surface area contributed by atoms with Gasteiger partial charge >= 0.3 is 0 Å². The Hall–Kier alpha value is -1.12. The van der Waals surface area contributed by atoms with Crippen LogP contribution in [0.4, 0.5) is 0 Å². The first-order chi connectivity index (χ1) is 10.3. The van der Waals surface area contributed by atoms with Gasteiger partial charge in [0.05, 0.1) is 0 Å². The van der Waals surface area contributed by atoms with Crippen LogP contribution in [0.3, 0.4) is 0 Å². The van der Waals surface area contributed by atoms with Crippen molar-refractivity contribution in [1.82, 2.24) is 5.32 Å². The molecule has 3 rings (SSSR count). The quantitative estimate of drug-likeness (QED) is 0.750. The van der Waals surface area contributed by atoms with E-state index in [0.29, 0.717) is 12.1 Å². The zero-order valence-electron chi connectivity index (χ0n) is 13.1. The van der Waals surface area contributed by atoms with Gasteiger partial charge in [0.2, 0.25) is 0 Å². The molecule has 1 aliphatic carbocycles. The summed E-state index contributed by atoms with van der Waals surface area (Å²) in [7, 11) is 0. The predicted molar refractivity (Wildman–Crippen MR) is 92.0 cm³/mol. The van der Waals surface area contributed by atoms with Crippen molar-refractivity contribution < 1.29 is 0 Å². The molecule has 0 saturated heterocycles. The summed E-state index contributed by atoms with van der Waals surface area (Å²) in [6.45, 7) is 4.56. The second kappa shape index (κ2) is 6.76. The zero-order valence-corrected chi connectivity index (χ0v) is 13.9. The summed E-state index contributed by atoms with van der Waals surface area (Å²) >= 11 is 1.87. The van der Waals surface area contributed by atoms with Crippen molar-refractivity contribution in [2.24, 2.45) is 0 Å². The summed E-state index contributed by atoms with van der Waals surface area (Å²) in [5.41, 5.74) is 4.58. The van der Waals surface area contributed by atoms with Crippen molar-refractivity contribution in [2.75, 3.05) is 0 Å². The van der Waals surface area contributed by atoms with E-state index in [2.05, 4.69) is 54.9 Å². The van der Waals surface area contributed by atoms with Crippen LogP contribution in [-0.2, 0) is 12.8 Å². The average Bonchev–Trinajstić information content (AvgIpc) is 3.17. The number of hydrogen-bond acceptors (Lipinski definition) is 2. The monoisotopic (exact) mass is 299 g/mol. The molecule has 1 N–H and O–H groups in total. The summed E-state index contributed by atoms with van der Waals surface area (Å²) in [5, 5.41) is 6.02. The van der Waals surface area contributed by atoms with Gasteiger partial charge in [0.1, 0.15) is 0 Å². The van der Waals surface area contributed by atoms with Crippen molar-refractivity contribution >= 4 is 11.3 Å². The van der Waals surface area contributed by atoms with Crippen molar-refractivity contribution in [1.29, 1.82) is 0 Å². The summed E-state index contributed by atoms with van der Waals surface area (Å²) in [4.78, 5) is 1.46. The first kappa shape index (κ1) is 14.8. The second-order valence-electron chi connectivity index (χ2n) is 6.13. The molecule has 2 atom stereocenters. The summed E-state index contributed by atoms with van der Waals surface area (Å²) in [5.74, 6) is 0. The first-order valence-electron chi connectivity index (χ1n) is 8.19. The average molecular weight is 299 g/mol. The molecule has 0 radical (unpaired) electrons. The highest BCUT2D eigenvalue weighted by atomic mass is 32.1. The molecule has 1 heterocycles. The lowest BCUT2D eigenvalue weighted by atomic mass is 10.0. The molecular weight excluding hydrogens is 274 g/mol. The van der Waals surface area contributed by atoms with Crippen LogP contribution in [0.5, 0.6) is 0 Å². The van der Waals surface area contributed by atoms with Crippen LogP contribution in [0.15, 0.2) is 35.7 Å². The van der Waals surface area contributed by atoms with Gasteiger partial charge in [-0.05, 0) is 60.7 Å². The molecule has 112 valence electrons. The molecule has 0 aliphatic heterocycles. The third-order valence-electron chi connectivity index (χ3n) is 4.54. The Morgan fingerprint density at radius 3 is 2.81 bits per heavy atom. The SMILES string of the molecule is CCCC(NC(C)c1ccc2c(c1)CCC2)c1cccs1. The minimum Gasteiger partial charge on any atom is -0.303 e. The van der Waals surface area contributed by atoms with Crippen LogP contribution in [0.2, 0.25) is 0 Å². The molecule has 2 unspecified atom stereocenters. The van der Waals surface area contributed by atoms with E-state index < -0.39 is 0 Å². The van der Waals surface area contributed by atoms with E-state index in [-0.39, 0.29) is 0 Å². The van der Waals surface area contributed by atoms with Gasteiger partial charge in [0.25, 0.3) is 0 Å². The van der Waals surface area contributed by atoms with Gasteiger partial charge in [0, 0.05) is 17.0 Å². The molecule has 1 nitrogen and oxygen atoms in total. The van der Waals surface area contributed by atoms with Gasteiger partial charge in [0.15, 0.2) is 0 Å². The first-order valence-corrected chi connectivity index (χ1v) is 9.07. The topological polar surface area (TPSA) is 12.0 Å². The van der Waals surface area contributed by atoms with Gasteiger partial charge in [-0.15, -0.1) is 11.3 Å². The highest BCUT2D eigenvalue weighted by Crippen LogP contribution is 2.29. The van der Waals surface area contributed by atoms with Gasteiger partial charge < -0.3 is 5.32 Å². The fraction of sp³-hybridized carbons (Fsp3) is 0.474. The molecule has 1 aromatic carbocycles. The Morgan fingerprint density at radius 2 is 2.05 bits per heavy atom. The van der Waals surface area contributed by atoms with E-state index in [4.69, 9.17) is 0 Å². The van der Waals surface area contributed by atoms with E-state index in [1.54, 1.807) is 11.1 Å². The van der Waals surface area contributed by atoms with Gasteiger partial charge in [-0.2, -0.15) is 0 Å². The van der Waals surface area contributed by atoms with Crippen molar-refractivity contribution in [3.8, 4) is 0 Å². The zero-order chi connectivity index (χ0) is 14.7. The third kappa shape index (κ3) is 3.38. The number of nitrogens with one attached hydrogen (secondary N) is 1. The van der Waals surface area contributed by atoms with Crippen LogP contribution < -0.4 is 5.32 Å². The van der Waals surface area contributed by atoms with Crippen molar-refractivity contribution in [3.63, 3.8) is 0 Å². The molecule has 1 aliphatic rings. The lowest BCUT2D eigenvalue weighted by Crippen LogP contribution is -2.24. The highest BCUT2D eigenvalue weighted by molar-refractivity contribution is 7.10. The number of fused-ring (bicyclic) bond motifs is 1. The minimum absolute atomic E-state index is 0.412.